The largest absolute Gasteiger partial charge is 0.456 e. The van der Waals surface area contributed by atoms with Gasteiger partial charge in [-0.2, -0.15) is 0 Å². The van der Waals surface area contributed by atoms with E-state index in [2.05, 4.69) is 57.6 Å². The number of nitro groups is 1. The van der Waals surface area contributed by atoms with Crippen molar-refractivity contribution in [2.24, 2.45) is 23.2 Å². The van der Waals surface area contributed by atoms with Crippen LogP contribution in [0.25, 0.3) is 0 Å². The minimum atomic E-state index is -4.55. The molecule has 2 aliphatic heterocycles. The van der Waals surface area contributed by atoms with Gasteiger partial charge in [-0.15, -0.1) is 0 Å². The number of benzene rings is 4. The number of amides is 2. The number of nitrogens with zero attached hydrogens (tertiary/aromatic N) is 4. The highest BCUT2D eigenvalue weighted by molar-refractivity contribution is 7.90. The van der Waals surface area contributed by atoms with Crippen LogP contribution in [-0.2, 0) is 26.0 Å². The molecule has 2 heterocycles. The number of nitro benzene ring substituents is 1. The first-order valence-corrected chi connectivity index (χ1v) is 24.6. The van der Waals surface area contributed by atoms with E-state index in [0.29, 0.717) is 74.6 Å². The Balaban J connectivity index is 0.966. The summed E-state index contributed by atoms with van der Waals surface area (Å²) >= 11 is 0. The number of rotatable bonds is 17. The third kappa shape index (κ3) is 10.5. The van der Waals surface area contributed by atoms with E-state index < -0.39 is 31.4 Å². The standard InChI is InChI=1S/C50H62N6O8S/c1-35-43-31-37(50(43,2)3)32-45(35)55(48(57)20-15-36-11-6-4-7-12-36)38-21-25-54(26-22-38)39-16-18-42(47(33-39)64-40-13-8-5-9-14-40)49(58)52-65(61,62)41-17-19-44(46(34-41)56(59)60)51-23-10-24-53-27-29-63-30-28-53/h4-9,11-14,16-19,33-35,37-38,43,45,51H,10,15,20-32H2,1-3H3,(H,52,58)/t35-,37+,43+,45+/m1/s1. The van der Waals surface area contributed by atoms with Crippen LogP contribution in [0.1, 0.15) is 75.2 Å². The lowest BCUT2D eigenvalue weighted by molar-refractivity contribution is -0.384. The number of carbonyl (C=O) groups is 2. The normalized spacial score (nSPS) is 22.0. The number of carbonyl (C=O) groups excluding carboxylic acids is 2. The van der Waals surface area contributed by atoms with E-state index in [0.717, 1.165) is 62.6 Å². The van der Waals surface area contributed by atoms with Gasteiger partial charge in [0, 0.05) is 69.0 Å². The molecule has 14 nitrogen and oxygen atoms in total. The van der Waals surface area contributed by atoms with Gasteiger partial charge in [0.1, 0.15) is 17.2 Å². The highest BCUT2D eigenvalue weighted by Crippen LogP contribution is 2.62. The Morgan fingerprint density at radius 1 is 0.923 bits per heavy atom. The van der Waals surface area contributed by atoms with Crippen molar-refractivity contribution in [2.75, 3.05) is 62.7 Å². The van der Waals surface area contributed by atoms with Crippen LogP contribution in [-0.4, -0.2) is 99.5 Å². The topological polar surface area (TPSA) is 164 Å². The number of piperidine rings is 1. The molecular weight excluding hydrogens is 845 g/mol. The van der Waals surface area contributed by atoms with Crippen molar-refractivity contribution in [3.63, 3.8) is 0 Å². The fourth-order valence-corrected chi connectivity index (χ4v) is 11.7. The second kappa shape index (κ2) is 19.9. The molecule has 2 N–H and O–H groups in total. The van der Waals surface area contributed by atoms with Gasteiger partial charge in [0.05, 0.1) is 28.6 Å². The van der Waals surface area contributed by atoms with Gasteiger partial charge in [0.2, 0.25) is 5.91 Å². The molecule has 4 aromatic carbocycles. The monoisotopic (exact) mass is 906 g/mol. The van der Waals surface area contributed by atoms with Crippen molar-refractivity contribution in [1.82, 2.24) is 14.5 Å². The Bertz CT molecular complexity index is 2420. The maximum atomic E-state index is 14.3. The van der Waals surface area contributed by atoms with Gasteiger partial charge in [0.15, 0.2) is 0 Å². The molecule has 346 valence electrons. The number of fused-ring (bicyclic) bond motifs is 2. The van der Waals surface area contributed by atoms with E-state index in [1.807, 2.05) is 24.3 Å². The van der Waals surface area contributed by atoms with Gasteiger partial charge < -0.3 is 24.6 Å². The summed E-state index contributed by atoms with van der Waals surface area (Å²) in [4.78, 5) is 46.1. The zero-order chi connectivity index (χ0) is 45.7. The van der Waals surface area contributed by atoms with Crippen molar-refractivity contribution < 1.29 is 32.4 Å². The molecular formula is C50H62N6O8S. The molecule has 2 bridgehead atoms. The molecule has 65 heavy (non-hydrogen) atoms. The third-order valence-corrected chi connectivity index (χ3v) is 15.9. The van der Waals surface area contributed by atoms with Crippen LogP contribution in [0.15, 0.2) is 102 Å². The summed E-state index contributed by atoms with van der Waals surface area (Å²) in [6.07, 6.45) is 5.75. The Morgan fingerprint density at radius 2 is 1.63 bits per heavy atom. The number of hydrogen-bond acceptors (Lipinski definition) is 11. The predicted molar refractivity (Wildman–Crippen MR) is 251 cm³/mol. The summed E-state index contributed by atoms with van der Waals surface area (Å²) in [6.45, 7) is 12.8. The quantitative estimate of drug-likeness (QED) is 0.0598. The first kappa shape index (κ1) is 46.0. The number of sulfonamides is 1. The first-order valence-electron chi connectivity index (χ1n) is 23.1. The van der Waals surface area contributed by atoms with Gasteiger partial charge in [0.25, 0.3) is 21.6 Å². The Kier molecular flexibility index (Phi) is 14.1. The minimum absolute atomic E-state index is 0.0212. The average molecular weight is 907 g/mol. The highest BCUT2D eigenvalue weighted by atomic mass is 32.2. The first-order chi connectivity index (χ1) is 31.3. The van der Waals surface area contributed by atoms with E-state index >= 15 is 0 Å². The Hall–Kier alpha value is -5.51. The van der Waals surface area contributed by atoms with E-state index in [9.17, 15) is 28.1 Å². The minimum Gasteiger partial charge on any atom is -0.456 e. The molecule has 0 unspecified atom stereocenters. The van der Waals surface area contributed by atoms with E-state index in [1.165, 1.54) is 18.6 Å². The van der Waals surface area contributed by atoms with Crippen molar-refractivity contribution in [3.8, 4) is 11.5 Å². The fraction of sp³-hybridized carbons (Fsp3) is 0.480. The highest BCUT2D eigenvalue weighted by Gasteiger charge is 2.58. The van der Waals surface area contributed by atoms with E-state index in [4.69, 9.17) is 9.47 Å². The molecule has 5 fully saturated rings. The molecule has 4 atom stereocenters. The molecule has 9 rings (SSSR count). The lowest BCUT2D eigenvalue weighted by Gasteiger charge is -2.64. The lowest BCUT2D eigenvalue weighted by atomic mass is 9.44. The third-order valence-electron chi connectivity index (χ3n) is 14.6. The summed E-state index contributed by atoms with van der Waals surface area (Å²) < 4.78 is 41.2. The zero-order valence-electron chi connectivity index (χ0n) is 37.7. The average Bonchev–Trinajstić information content (AvgIpc) is 3.31. The zero-order valence-corrected chi connectivity index (χ0v) is 38.5. The van der Waals surface area contributed by atoms with Crippen molar-refractivity contribution >= 4 is 38.9 Å². The van der Waals surface area contributed by atoms with Crippen LogP contribution in [0.2, 0.25) is 0 Å². The van der Waals surface area contributed by atoms with Crippen LogP contribution in [0, 0.1) is 33.3 Å². The van der Waals surface area contributed by atoms with Crippen molar-refractivity contribution in [1.29, 1.82) is 0 Å². The second-order valence-electron chi connectivity index (χ2n) is 18.7. The maximum absolute atomic E-state index is 14.3. The predicted octanol–water partition coefficient (Wildman–Crippen LogP) is 8.14. The Morgan fingerprint density at radius 3 is 2.31 bits per heavy atom. The lowest BCUT2D eigenvalue weighted by Crippen LogP contribution is -2.64. The van der Waals surface area contributed by atoms with Crippen molar-refractivity contribution in [2.45, 2.75) is 82.7 Å². The van der Waals surface area contributed by atoms with Gasteiger partial charge in [-0.1, -0.05) is 69.3 Å². The van der Waals surface area contributed by atoms with E-state index in [-0.39, 0.29) is 35.0 Å². The smallest absolute Gasteiger partial charge is 0.293 e. The van der Waals surface area contributed by atoms with Crippen molar-refractivity contribution in [3.05, 3.63) is 118 Å². The van der Waals surface area contributed by atoms with Gasteiger partial charge in [-0.05, 0) is 110 Å². The number of morpholine rings is 1. The number of ether oxygens (including phenoxy) is 2. The summed E-state index contributed by atoms with van der Waals surface area (Å²) in [5.74, 6) is 1.53. The number of aryl methyl sites for hydroxylation is 1. The fourth-order valence-electron chi connectivity index (χ4n) is 10.7. The molecule has 2 saturated heterocycles. The summed E-state index contributed by atoms with van der Waals surface area (Å²) in [6, 6.07) is 28.1. The SMILES string of the molecule is C[C@H]1[C@@H](N(C(=O)CCc2ccccc2)C2CCN(c3ccc(C(=O)NS(=O)(=O)c4ccc(NCCCN5CCOCC5)c([N+](=O)[O-])c4)c(Oc4ccccc4)c3)CC2)C[C@@H]2C[C@@H]1C2(C)C. The van der Waals surface area contributed by atoms with Crippen LogP contribution in [0.3, 0.4) is 0 Å². The molecule has 0 aromatic heterocycles. The summed E-state index contributed by atoms with van der Waals surface area (Å²) in [5, 5.41) is 15.2. The molecule has 0 radical (unpaired) electrons. The number of nitrogens with one attached hydrogen (secondary N) is 2. The molecule has 3 aliphatic carbocycles. The second-order valence-corrected chi connectivity index (χ2v) is 20.4. The molecule has 0 spiro atoms. The summed E-state index contributed by atoms with van der Waals surface area (Å²) in [5.41, 5.74) is 2.02. The Labute approximate surface area is 382 Å². The molecule has 5 aliphatic rings. The molecule has 15 heteroatoms. The van der Waals surface area contributed by atoms with Gasteiger partial charge >= 0.3 is 0 Å². The van der Waals surface area contributed by atoms with Crippen LogP contribution < -0.4 is 19.7 Å². The van der Waals surface area contributed by atoms with Crippen LogP contribution in [0.4, 0.5) is 17.1 Å². The van der Waals surface area contributed by atoms with Crippen LogP contribution >= 0.6 is 0 Å². The number of para-hydroxylation sites is 1. The van der Waals surface area contributed by atoms with Crippen LogP contribution in [0.5, 0.6) is 11.5 Å². The number of hydrogen-bond donors (Lipinski definition) is 2. The molecule has 4 aromatic rings. The summed E-state index contributed by atoms with van der Waals surface area (Å²) in [7, 11) is -4.55. The maximum Gasteiger partial charge on any atom is 0.293 e. The van der Waals surface area contributed by atoms with Gasteiger partial charge in [-0.25, -0.2) is 13.1 Å². The number of anilines is 2. The van der Waals surface area contributed by atoms with E-state index in [1.54, 1.807) is 42.5 Å². The van der Waals surface area contributed by atoms with Gasteiger partial charge in [-0.3, -0.25) is 24.6 Å². The molecule has 3 saturated carbocycles. The molecule has 2 amide bonds.